The van der Waals surface area contributed by atoms with E-state index in [2.05, 4.69) is 16.3 Å². The van der Waals surface area contributed by atoms with Crippen molar-refractivity contribution in [1.82, 2.24) is 9.80 Å². The minimum absolute atomic E-state index is 0.0128. The van der Waals surface area contributed by atoms with Gasteiger partial charge in [-0.15, -0.1) is 0 Å². The van der Waals surface area contributed by atoms with Crippen LogP contribution >= 0.6 is 0 Å². The maximum Gasteiger partial charge on any atom is 0.411 e. The van der Waals surface area contributed by atoms with Gasteiger partial charge in [-0.25, -0.2) is 4.79 Å². The van der Waals surface area contributed by atoms with Crippen molar-refractivity contribution in [2.75, 3.05) is 25.0 Å². The van der Waals surface area contributed by atoms with E-state index in [1.165, 1.54) is 6.42 Å². The molecule has 0 saturated carbocycles. The van der Waals surface area contributed by atoms with Gasteiger partial charge in [0, 0.05) is 18.3 Å². The van der Waals surface area contributed by atoms with Crippen molar-refractivity contribution < 1.29 is 14.3 Å². The highest BCUT2D eigenvalue weighted by molar-refractivity contribution is 5.97. The molecule has 2 fully saturated rings. The molecule has 2 atom stereocenters. The molecule has 2 aliphatic heterocycles. The largest absolute Gasteiger partial charge is 0.444 e. The lowest BCUT2D eigenvalue weighted by molar-refractivity contribution is -0.122. The molecule has 1 aromatic carbocycles. The van der Waals surface area contributed by atoms with Crippen LogP contribution in [-0.4, -0.2) is 59.1 Å². The van der Waals surface area contributed by atoms with E-state index in [0.29, 0.717) is 17.8 Å². The number of hydrogen-bond donors (Lipinski definition) is 1. The number of rotatable bonds is 3. The van der Waals surface area contributed by atoms with Gasteiger partial charge in [0.2, 0.25) is 5.91 Å². The highest BCUT2D eigenvalue weighted by Crippen LogP contribution is 2.28. The Balaban J connectivity index is 1.80. The van der Waals surface area contributed by atoms with Crippen molar-refractivity contribution in [2.45, 2.75) is 64.1 Å². The summed E-state index contributed by atoms with van der Waals surface area (Å²) in [6.07, 6.45) is 3.75. The summed E-state index contributed by atoms with van der Waals surface area (Å²) in [6.45, 7) is 7.89. The molecule has 3 rings (SSSR count). The average molecular weight is 399 g/mol. The lowest BCUT2D eigenvalue weighted by Gasteiger charge is -2.36. The third-order valence-electron chi connectivity index (χ3n) is 5.40. The maximum atomic E-state index is 13.3. The molecule has 0 bridgehead atoms. The van der Waals surface area contributed by atoms with Crippen LogP contribution in [0.5, 0.6) is 0 Å². The molecule has 1 unspecified atom stereocenters. The Hall–Kier alpha value is -2.59. The van der Waals surface area contributed by atoms with Gasteiger partial charge in [-0.1, -0.05) is 6.42 Å². The molecule has 7 nitrogen and oxygen atoms in total. The number of piperidine rings is 1. The van der Waals surface area contributed by atoms with Gasteiger partial charge in [0.05, 0.1) is 11.6 Å². The van der Waals surface area contributed by atoms with E-state index in [1.54, 1.807) is 29.2 Å². The topological polar surface area (TPSA) is 85.7 Å². The van der Waals surface area contributed by atoms with E-state index in [1.807, 2.05) is 20.8 Å². The van der Waals surface area contributed by atoms with E-state index >= 15 is 0 Å². The number of amides is 2. The zero-order valence-electron chi connectivity index (χ0n) is 17.5. The summed E-state index contributed by atoms with van der Waals surface area (Å²) in [5.74, 6) is -0.214. The molecule has 0 aliphatic carbocycles. The van der Waals surface area contributed by atoms with Crippen LogP contribution in [0.4, 0.5) is 10.5 Å². The molecular formula is C22H30N4O3. The van der Waals surface area contributed by atoms with E-state index in [9.17, 15) is 9.59 Å². The van der Waals surface area contributed by atoms with Crippen LogP contribution in [0.25, 0.3) is 0 Å². The van der Waals surface area contributed by atoms with Gasteiger partial charge >= 0.3 is 6.09 Å². The van der Waals surface area contributed by atoms with Gasteiger partial charge in [-0.3, -0.25) is 14.6 Å². The molecule has 156 valence electrons. The Bertz CT molecular complexity index is 773. The second-order valence-corrected chi connectivity index (χ2v) is 8.75. The van der Waals surface area contributed by atoms with Crippen molar-refractivity contribution >= 4 is 17.7 Å². The highest BCUT2D eigenvalue weighted by Gasteiger charge is 2.46. The summed E-state index contributed by atoms with van der Waals surface area (Å²) < 4.78 is 5.57. The SMILES string of the molecule is CC(C)(C)OC(=O)N1CCC(N2CCCCC2)[C@H]1C(=O)Nc1ccc(C#N)cc1. The highest BCUT2D eigenvalue weighted by atomic mass is 16.6. The van der Waals surface area contributed by atoms with Crippen LogP contribution in [0.3, 0.4) is 0 Å². The zero-order chi connectivity index (χ0) is 21.0. The van der Waals surface area contributed by atoms with Crippen molar-refractivity contribution in [3.05, 3.63) is 29.8 Å². The van der Waals surface area contributed by atoms with E-state index in [4.69, 9.17) is 10.00 Å². The third-order valence-corrected chi connectivity index (χ3v) is 5.40. The first kappa shape index (κ1) is 21.1. The Kier molecular flexibility index (Phi) is 6.43. The normalized spacial score (nSPS) is 22.8. The molecule has 2 heterocycles. The minimum atomic E-state index is -0.617. The molecule has 0 spiro atoms. The van der Waals surface area contributed by atoms with Crippen molar-refractivity contribution in [2.24, 2.45) is 0 Å². The van der Waals surface area contributed by atoms with Gasteiger partial charge in [-0.2, -0.15) is 5.26 Å². The van der Waals surface area contributed by atoms with Crippen LogP contribution in [0.15, 0.2) is 24.3 Å². The number of benzene rings is 1. The number of carbonyl (C=O) groups is 2. The van der Waals surface area contributed by atoms with Crippen molar-refractivity contribution in [3.63, 3.8) is 0 Å². The smallest absolute Gasteiger partial charge is 0.411 e. The molecule has 2 aliphatic rings. The lowest BCUT2D eigenvalue weighted by atomic mass is 10.0. The van der Waals surface area contributed by atoms with Gasteiger partial charge in [0.1, 0.15) is 11.6 Å². The quantitative estimate of drug-likeness (QED) is 0.844. The van der Waals surface area contributed by atoms with Crippen LogP contribution in [0.2, 0.25) is 0 Å². The first-order valence-corrected chi connectivity index (χ1v) is 10.3. The van der Waals surface area contributed by atoms with Crippen LogP contribution in [0, 0.1) is 11.3 Å². The Morgan fingerprint density at radius 1 is 1.10 bits per heavy atom. The molecule has 1 aromatic rings. The first-order chi connectivity index (χ1) is 13.8. The summed E-state index contributed by atoms with van der Waals surface area (Å²) in [4.78, 5) is 30.0. The Labute approximate surface area is 172 Å². The number of likely N-dealkylation sites (tertiary alicyclic amines) is 2. The van der Waals surface area contributed by atoms with E-state index < -0.39 is 17.7 Å². The summed E-state index contributed by atoms with van der Waals surface area (Å²) >= 11 is 0. The molecule has 7 heteroatoms. The third kappa shape index (κ3) is 5.27. The summed E-state index contributed by atoms with van der Waals surface area (Å²) in [7, 11) is 0. The zero-order valence-corrected chi connectivity index (χ0v) is 17.5. The second kappa shape index (κ2) is 8.83. The number of carbonyl (C=O) groups excluding carboxylic acids is 2. The fourth-order valence-corrected chi connectivity index (χ4v) is 4.09. The Morgan fingerprint density at radius 3 is 2.34 bits per heavy atom. The lowest BCUT2D eigenvalue weighted by Crippen LogP contribution is -2.54. The van der Waals surface area contributed by atoms with Gasteiger partial charge < -0.3 is 10.1 Å². The first-order valence-electron chi connectivity index (χ1n) is 10.3. The van der Waals surface area contributed by atoms with E-state index in [-0.39, 0.29) is 11.9 Å². The van der Waals surface area contributed by atoms with Crippen LogP contribution in [0.1, 0.15) is 52.0 Å². The number of nitrogens with zero attached hydrogens (tertiary/aromatic N) is 3. The number of nitrogens with one attached hydrogen (secondary N) is 1. The average Bonchev–Trinajstić information content (AvgIpc) is 3.13. The molecular weight excluding hydrogens is 368 g/mol. The molecule has 2 saturated heterocycles. The Morgan fingerprint density at radius 2 is 1.76 bits per heavy atom. The standard InChI is InChI=1S/C22H30N4O3/c1-22(2,3)29-21(28)26-14-11-18(25-12-5-4-6-13-25)19(26)20(27)24-17-9-7-16(15-23)8-10-17/h7-10,18-19H,4-6,11-14H2,1-3H3,(H,24,27)/t18?,19-/m0/s1. The van der Waals surface area contributed by atoms with Crippen molar-refractivity contribution in [3.8, 4) is 6.07 Å². The number of nitriles is 1. The molecule has 0 radical (unpaired) electrons. The molecule has 2 amide bonds. The minimum Gasteiger partial charge on any atom is -0.444 e. The van der Waals surface area contributed by atoms with Crippen LogP contribution in [-0.2, 0) is 9.53 Å². The van der Waals surface area contributed by atoms with Gasteiger partial charge in [-0.05, 0) is 77.4 Å². The molecule has 1 N–H and O–H groups in total. The number of hydrogen-bond acceptors (Lipinski definition) is 5. The number of anilines is 1. The van der Waals surface area contributed by atoms with Crippen LogP contribution < -0.4 is 5.32 Å². The predicted octanol–water partition coefficient (Wildman–Crippen LogP) is 3.36. The molecule has 0 aromatic heterocycles. The number of ether oxygens (including phenoxy) is 1. The fraction of sp³-hybridized carbons (Fsp3) is 0.591. The van der Waals surface area contributed by atoms with E-state index in [0.717, 1.165) is 32.4 Å². The second-order valence-electron chi connectivity index (χ2n) is 8.75. The van der Waals surface area contributed by atoms with Crippen molar-refractivity contribution in [1.29, 1.82) is 5.26 Å². The molecule has 29 heavy (non-hydrogen) atoms. The fourth-order valence-electron chi connectivity index (χ4n) is 4.09. The summed E-state index contributed by atoms with van der Waals surface area (Å²) in [5.41, 5.74) is 0.530. The predicted molar refractivity (Wildman–Crippen MR) is 110 cm³/mol. The van der Waals surface area contributed by atoms with Gasteiger partial charge in [0.15, 0.2) is 0 Å². The van der Waals surface area contributed by atoms with Gasteiger partial charge in [0.25, 0.3) is 0 Å². The monoisotopic (exact) mass is 398 g/mol. The maximum absolute atomic E-state index is 13.3. The summed E-state index contributed by atoms with van der Waals surface area (Å²) in [6, 6.07) is 8.20. The summed E-state index contributed by atoms with van der Waals surface area (Å²) in [5, 5.41) is 11.9.